The predicted octanol–water partition coefficient (Wildman–Crippen LogP) is 4.02. The minimum atomic E-state index is 0.103. The van der Waals surface area contributed by atoms with Crippen LogP contribution in [0.15, 0.2) is 53.1 Å². The SMILES string of the molecule is CC(C)COCCCNC(c1ccccc1)c1ccco1. The van der Waals surface area contributed by atoms with Crippen molar-refractivity contribution in [2.75, 3.05) is 19.8 Å². The molecule has 3 nitrogen and oxygen atoms in total. The molecule has 1 N–H and O–H groups in total. The lowest BCUT2D eigenvalue weighted by molar-refractivity contribution is 0.107. The van der Waals surface area contributed by atoms with Crippen molar-refractivity contribution >= 4 is 0 Å². The van der Waals surface area contributed by atoms with Crippen LogP contribution in [0, 0.1) is 5.92 Å². The summed E-state index contributed by atoms with van der Waals surface area (Å²) in [5.74, 6) is 1.54. The predicted molar refractivity (Wildman–Crippen MR) is 85.3 cm³/mol. The molecule has 114 valence electrons. The Labute approximate surface area is 127 Å². The summed E-state index contributed by atoms with van der Waals surface area (Å²) < 4.78 is 11.2. The van der Waals surface area contributed by atoms with Crippen LogP contribution < -0.4 is 5.32 Å². The molecule has 0 bridgehead atoms. The van der Waals surface area contributed by atoms with Gasteiger partial charge in [-0.05, 0) is 36.6 Å². The van der Waals surface area contributed by atoms with E-state index in [9.17, 15) is 0 Å². The van der Waals surface area contributed by atoms with E-state index in [1.807, 2.05) is 18.2 Å². The summed E-state index contributed by atoms with van der Waals surface area (Å²) in [6.07, 6.45) is 2.72. The number of nitrogens with one attached hydrogen (secondary N) is 1. The van der Waals surface area contributed by atoms with Gasteiger partial charge < -0.3 is 14.5 Å². The molecule has 2 aromatic rings. The fraction of sp³-hybridized carbons (Fsp3) is 0.444. The molecule has 0 saturated heterocycles. The minimum Gasteiger partial charge on any atom is -0.467 e. The van der Waals surface area contributed by atoms with E-state index in [0.29, 0.717) is 5.92 Å². The first-order valence-electron chi connectivity index (χ1n) is 7.67. The highest BCUT2D eigenvalue weighted by molar-refractivity contribution is 5.26. The Bertz CT molecular complexity index is 479. The van der Waals surface area contributed by atoms with Crippen LogP contribution in [0.5, 0.6) is 0 Å². The third-order valence-electron chi connectivity index (χ3n) is 3.23. The molecule has 1 unspecified atom stereocenters. The zero-order chi connectivity index (χ0) is 14.9. The standard InChI is InChI=1S/C18H25NO2/c1-15(2)14-20-12-7-11-19-18(17-10-6-13-21-17)16-8-4-3-5-9-16/h3-6,8-10,13,15,18-19H,7,11-12,14H2,1-2H3. The van der Waals surface area contributed by atoms with Crippen molar-refractivity contribution in [1.29, 1.82) is 0 Å². The van der Waals surface area contributed by atoms with Crippen LogP contribution in [0.1, 0.15) is 37.6 Å². The first-order valence-corrected chi connectivity index (χ1v) is 7.67. The number of hydrogen-bond acceptors (Lipinski definition) is 3. The van der Waals surface area contributed by atoms with E-state index in [0.717, 1.165) is 31.9 Å². The van der Waals surface area contributed by atoms with Gasteiger partial charge in [0, 0.05) is 13.2 Å². The molecule has 1 aromatic heterocycles. The van der Waals surface area contributed by atoms with Crippen molar-refractivity contribution in [3.05, 3.63) is 60.1 Å². The number of hydrogen-bond donors (Lipinski definition) is 1. The van der Waals surface area contributed by atoms with E-state index in [1.165, 1.54) is 5.56 Å². The summed E-state index contributed by atoms with van der Waals surface area (Å²) in [7, 11) is 0. The maximum Gasteiger partial charge on any atom is 0.125 e. The van der Waals surface area contributed by atoms with Gasteiger partial charge >= 0.3 is 0 Å². The van der Waals surface area contributed by atoms with Gasteiger partial charge in [-0.1, -0.05) is 44.2 Å². The number of benzene rings is 1. The molecule has 0 aliphatic carbocycles. The Morgan fingerprint density at radius 3 is 2.57 bits per heavy atom. The summed E-state index contributed by atoms with van der Waals surface area (Å²) in [4.78, 5) is 0. The van der Waals surface area contributed by atoms with Crippen molar-refractivity contribution in [2.45, 2.75) is 26.3 Å². The highest BCUT2D eigenvalue weighted by atomic mass is 16.5. The molecule has 0 amide bonds. The van der Waals surface area contributed by atoms with E-state index in [4.69, 9.17) is 9.15 Å². The molecule has 2 rings (SSSR count). The van der Waals surface area contributed by atoms with Crippen LogP contribution in [-0.4, -0.2) is 19.8 Å². The third kappa shape index (κ3) is 5.37. The topological polar surface area (TPSA) is 34.4 Å². The summed E-state index contributed by atoms with van der Waals surface area (Å²) in [6.45, 7) is 6.87. The van der Waals surface area contributed by atoms with Crippen molar-refractivity contribution in [3.8, 4) is 0 Å². The first-order chi connectivity index (χ1) is 10.3. The zero-order valence-corrected chi connectivity index (χ0v) is 12.9. The maximum atomic E-state index is 5.61. The van der Waals surface area contributed by atoms with Gasteiger partial charge in [0.15, 0.2) is 0 Å². The molecule has 0 fully saturated rings. The lowest BCUT2D eigenvalue weighted by atomic mass is 10.0. The van der Waals surface area contributed by atoms with Crippen molar-refractivity contribution in [1.82, 2.24) is 5.32 Å². The lowest BCUT2D eigenvalue weighted by Crippen LogP contribution is -2.24. The van der Waals surface area contributed by atoms with Gasteiger partial charge in [-0.15, -0.1) is 0 Å². The molecular formula is C18H25NO2. The van der Waals surface area contributed by atoms with Crippen molar-refractivity contribution < 1.29 is 9.15 Å². The van der Waals surface area contributed by atoms with Crippen molar-refractivity contribution in [3.63, 3.8) is 0 Å². The van der Waals surface area contributed by atoms with Gasteiger partial charge in [-0.3, -0.25) is 0 Å². The number of furan rings is 1. The average Bonchev–Trinajstić information content (AvgIpc) is 3.01. The largest absolute Gasteiger partial charge is 0.467 e. The molecule has 0 radical (unpaired) electrons. The van der Waals surface area contributed by atoms with Gasteiger partial charge in [0.1, 0.15) is 5.76 Å². The van der Waals surface area contributed by atoms with Gasteiger partial charge in [-0.25, -0.2) is 0 Å². The van der Waals surface area contributed by atoms with E-state index in [-0.39, 0.29) is 6.04 Å². The van der Waals surface area contributed by atoms with Crippen LogP contribution in [0.25, 0.3) is 0 Å². The van der Waals surface area contributed by atoms with Gasteiger partial charge in [-0.2, -0.15) is 0 Å². The third-order valence-corrected chi connectivity index (χ3v) is 3.23. The quantitative estimate of drug-likeness (QED) is 0.707. The smallest absolute Gasteiger partial charge is 0.125 e. The second-order valence-corrected chi connectivity index (χ2v) is 5.64. The summed E-state index contributed by atoms with van der Waals surface area (Å²) in [5, 5.41) is 3.55. The Balaban J connectivity index is 1.84. The molecular weight excluding hydrogens is 262 g/mol. The number of rotatable bonds is 9. The van der Waals surface area contributed by atoms with Crippen LogP contribution in [0.3, 0.4) is 0 Å². The van der Waals surface area contributed by atoms with Gasteiger partial charge in [0.05, 0.1) is 12.3 Å². The van der Waals surface area contributed by atoms with E-state index in [2.05, 4.69) is 43.4 Å². The Hall–Kier alpha value is -1.58. The van der Waals surface area contributed by atoms with Crippen LogP contribution in [0.4, 0.5) is 0 Å². The fourth-order valence-corrected chi connectivity index (χ4v) is 2.22. The van der Waals surface area contributed by atoms with Crippen molar-refractivity contribution in [2.24, 2.45) is 5.92 Å². The lowest BCUT2D eigenvalue weighted by Gasteiger charge is -2.17. The second kappa shape index (κ2) is 8.65. The maximum absolute atomic E-state index is 5.61. The van der Waals surface area contributed by atoms with Gasteiger partial charge in [0.25, 0.3) is 0 Å². The molecule has 1 heterocycles. The molecule has 0 spiro atoms. The van der Waals surface area contributed by atoms with Crippen LogP contribution in [-0.2, 0) is 4.74 Å². The van der Waals surface area contributed by atoms with Crippen LogP contribution in [0.2, 0.25) is 0 Å². The Morgan fingerprint density at radius 2 is 1.90 bits per heavy atom. The second-order valence-electron chi connectivity index (χ2n) is 5.64. The van der Waals surface area contributed by atoms with Gasteiger partial charge in [0.2, 0.25) is 0 Å². The highest BCUT2D eigenvalue weighted by Gasteiger charge is 2.15. The molecule has 21 heavy (non-hydrogen) atoms. The summed E-state index contributed by atoms with van der Waals surface area (Å²) in [5.41, 5.74) is 1.22. The average molecular weight is 287 g/mol. The fourth-order valence-electron chi connectivity index (χ4n) is 2.22. The highest BCUT2D eigenvalue weighted by Crippen LogP contribution is 2.22. The molecule has 1 aromatic carbocycles. The minimum absolute atomic E-state index is 0.103. The Kier molecular flexibility index (Phi) is 6.51. The summed E-state index contributed by atoms with van der Waals surface area (Å²) in [6, 6.07) is 14.4. The number of ether oxygens (including phenoxy) is 1. The van der Waals surface area contributed by atoms with E-state index in [1.54, 1.807) is 6.26 Å². The van der Waals surface area contributed by atoms with E-state index >= 15 is 0 Å². The Morgan fingerprint density at radius 1 is 1.10 bits per heavy atom. The molecule has 3 heteroatoms. The molecule has 0 saturated carbocycles. The molecule has 1 atom stereocenters. The van der Waals surface area contributed by atoms with Crippen LogP contribution >= 0.6 is 0 Å². The zero-order valence-electron chi connectivity index (χ0n) is 12.9. The summed E-state index contributed by atoms with van der Waals surface area (Å²) >= 11 is 0. The monoisotopic (exact) mass is 287 g/mol. The normalized spacial score (nSPS) is 12.7. The molecule has 0 aliphatic rings. The first kappa shape index (κ1) is 15.8. The van der Waals surface area contributed by atoms with E-state index < -0.39 is 0 Å². The molecule has 0 aliphatic heterocycles.